The van der Waals surface area contributed by atoms with Gasteiger partial charge in [0.15, 0.2) is 16.9 Å². The Balaban J connectivity index is 1.76. The third kappa shape index (κ3) is 2.75. The van der Waals surface area contributed by atoms with Crippen molar-refractivity contribution < 1.29 is 23.9 Å². The second-order valence-electron chi connectivity index (χ2n) is 8.66. The molecule has 2 aromatic rings. The predicted octanol–water partition coefficient (Wildman–Crippen LogP) is 3.52. The minimum atomic E-state index is -2.35. The smallest absolute Gasteiger partial charge is 0.279 e. The topological polar surface area (TPSA) is 175 Å². The average Bonchev–Trinajstić information content (AvgIpc) is 3.37. The van der Waals surface area contributed by atoms with Crippen molar-refractivity contribution in [1.82, 2.24) is 0 Å². The molecule has 1 N–H and O–H groups in total. The summed E-state index contributed by atoms with van der Waals surface area (Å²) < 4.78 is 22.6. The summed E-state index contributed by atoms with van der Waals surface area (Å²) in [5.74, 6) is -2.85. The Morgan fingerprint density at radius 1 is 1.11 bits per heavy atom. The highest BCUT2D eigenvalue weighted by Crippen LogP contribution is 2.67. The van der Waals surface area contributed by atoms with Gasteiger partial charge < -0.3 is 18.9 Å². The van der Waals surface area contributed by atoms with E-state index >= 15 is 0 Å². The molecule has 11 nitrogen and oxygen atoms in total. The van der Waals surface area contributed by atoms with Gasteiger partial charge in [-0.3, -0.25) is 15.5 Å². The minimum Gasteiger partial charge on any atom is -0.454 e. The van der Waals surface area contributed by atoms with Crippen molar-refractivity contribution in [3.05, 3.63) is 63.7 Å². The summed E-state index contributed by atoms with van der Waals surface area (Å²) in [6, 6.07) is 17.3. The van der Waals surface area contributed by atoms with Crippen molar-refractivity contribution in [1.29, 1.82) is 21.2 Å². The second kappa shape index (κ2) is 7.42. The number of rotatable bonds is 4. The lowest BCUT2D eigenvalue weighted by molar-refractivity contribution is -0.387. The van der Waals surface area contributed by atoms with Crippen LogP contribution in [0.25, 0.3) is 0 Å². The van der Waals surface area contributed by atoms with Crippen LogP contribution in [0.5, 0.6) is 11.5 Å². The Labute approximate surface area is 199 Å². The number of hydrogen-bond donors (Lipinski definition) is 1. The monoisotopic (exact) mass is 471 g/mol. The van der Waals surface area contributed by atoms with Crippen LogP contribution in [0.15, 0.2) is 42.5 Å². The molecule has 2 fully saturated rings. The Morgan fingerprint density at radius 2 is 1.77 bits per heavy atom. The summed E-state index contributed by atoms with van der Waals surface area (Å²) >= 11 is 0. The van der Waals surface area contributed by atoms with Crippen LogP contribution in [0.4, 0.5) is 5.69 Å². The van der Waals surface area contributed by atoms with Gasteiger partial charge in [0.1, 0.15) is 6.10 Å². The molecule has 35 heavy (non-hydrogen) atoms. The fraction of sp³-hybridized carbons (Fsp3) is 0.333. The molecule has 0 radical (unpaired) electrons. The molecule has 0 aromatic heterocycles. The van der Waals surface area contributed by atoms with Gasteiger partial charge in [0.05, 0.1) is 40.7 Å². The van der Waals surface area contributed by atoms with Crippen molar-refractivity contribution in [3.63, 3.8) is 0 Å². The van der Waals surface area contributed by atoms with E-state index in [1.165, 1.54) is 13.0 Å². The minimum absolute atomic E-state index is 0.130. The van der Waals surface area contributed by atoms with Crippen LogP contribution in [0, 0.1) is 66.3 Å². The Bertz CT molecular complexity index is 1380. The van der Waals surface area contributed by atoms with Crippen LogP contribution in [-0.4, -0.2) is 23.4 Å². The van der Waals surface area contributed by atoms with Gasteiger partial charge in [0.25, 0.3) is 5.69 Å². The van der Waals surface area contributed by atoms with Crippen molar-refractivity contribution in [2.45, 2.75) is 25.2 Å². The largest absolute Gasteiger partial charge is 0.454 e. The third-order valence-electron chi connectivity index (χ3n) is 7.00. The first-order chi connectivity index (χ1) is 16.8. The second-order valence-corrected chi connectivity index (χ2v) is 8.66. The van der Waals surface area contributed by atoms with Crippen molar-refractivity contribution >= 4 is 11.6 Å². The van der Waals surface area contributed by atoms with Crippen LogP contribution in [0.3, 0.4) is 0 Å². The highest BCUT2D eigenvalue weighted by molar-refractivity contribution is 5.89. The number of nitriles is 3. The van der Waals surface area contributed by atoms with Gasteiger partial charge >= 0.3 is 0 Å². The van der Waals surface area contributed by atoms with E-state index in [1.807, 2.05) is 36.4 Å². The third-order valence-corrected chi connectivity index (χ3v) is 7.00. The standard InChI is InChI=1S/C24H17N5O6/c1-22-19(7-14-5-3-2-4-6-14)24(12-27,21(28)35-22)23(10-25,11-26)20(34-22)15-8-17-18(33-13-32-17)9-16(15)29(30)31/h2-6,8-9,19-20,28H,7,13H2,1H3. The molecular formula is C24H17N5O6. The van der Waals surface area contributed by atoms with Gasteiger partial charge in [0.2, 0.25) is 23.9 Å². The highest BCUT2D eigenvalue weighted by Gasteiger charge is 2.79. The number of nitrogens with zero attached hydrogens (tertiary/aromatic N) is 4. The van der Waals surface area contributed by atoms with Crippen LogP contribution < -0.4 is 9.47 Å². The number of nitro benzene ring substituents is 1. The Morgan fingerprint density at radius 3 is 2.37 bits per heavy atom. The molecule has 11 heteroatoms. The maximum atomic E-state index is 12.0. The molecule has 0 saturated carbocycles. The first-order valence-electron chi connectivity index (χ1n) is 10.6. The van der Waals surface area contributed by atoms with Gasteiger partial charge in [0, 0.05) is 6.92 Å². The molecule has 3 heterocycles. The maximum Gasteiger partial charge on any atom is 0.279 e. The fourth-order valence-electron chi connectivity index (χ4n) is 5.33. The molecule has 3 aliphatic heterocycles. The fourth-order valence-corrected chi connectivity index (χ4v) is 5.33. The van der Waals surface area contributed by atoms with E-state index < -0.39 is 45.1 Å². The SMILES string of the molecule is CC12OC(=N)C(C#N)(C1Cc1ccccc1)C(C#N)(C#N)C(c1cc3c(cc1[N+](=O)[O-])OCO3)O2. The number of ether oxygens (including phenoxy) is 4. The zero-order valence-electron chi connectivity index (χ0n) is 18.3. The summed E-state index contributed by atoms with van der Waals surface area (Å²) in [6.45, 7) is 1.36. The first kappa shape index (κ1) is 22.1. The van der Waals surface area contributed by atoms with Gasteiger partial charge in [-0.15, -0.1) is 0 Å². The number of nitro groups is 1. The molecule has 0 amide bonds. The molecule has 5 rings (SSSR count). The molecule has 2 saturated heterocycles. The first-order valence-corrected chi connectivity index (χ1v) is 10.6. The number of benzene rings is 2. The Hall–Kier alpha value is -4.66. The summed E-state index contributed by atoms with van der Waals surface area (Å²) in [4.78, 5) is 11.3. The molecule has 3 aliphatic rings. The molecule has 4 unspecified atom stereocenters. The van der Waals surface area contributed by atoms with E-state index in [0.29, 0.717) is 0 Å². The van der Waals surface area contributed by atoms with Crippen LogP contribution in [0.1, 0.15) is 24.2 Å². The molecule has 0 spiro atoms. The van der Waals surface area contributed by atoms with Gasteiger partial charge in [-0.2, -0.15) is 15.8 Å². The highest BCUT2D eigenvalue weighted by atomic mass is 16.7. The quantitative estimate of drug-likeness (QED) is 0.516. The zero-order valence-corrected chi connectivity index (χ0v) is 18.3. The van der Waals surface area contributed by atoms with Gasteiger partial charge in [-0.25, -0.2) is 0 Å². The van der Waals surface area contributed by atoms with E-state index in [-0.39, 0.29) is 30.3 Å². The van der Waals surface area contributed by atoms with E-state index in [9.17, 15) is 25.9 Å². The summed E-state index contributed by atoms with van der Waals surface area (Å²) in [6.07, 6.45) is -1.44. The normalized spacial score (nSPS) is 29.4. The van der Waals surface area contributed by atoms with E-state index in [1.54, 1.807) is 12.1 Å². The van der Waals surface area contributed by atoms with E-state index in [2.05, 4.69) is 0 Å². The summed E-state index contributed by atoms with van der Waals surface area (Å²) in [5.41, 5.74) is -4.27. The van der Waals surface area contributed by atoms with Crippen molar-refractivity contribution in [2.24, 2.45) is 16.7 Å². The predicted molar refractivity (Wildman–Crippen MR) is 116 cm³/mol. The van der Waals surface area contributed by atoms with Crippen molar-refractivity contribution in [3.8, 4) is 29.7 Å². The Kier molecular flexibility index (Phi) is 4.70. The molecular weight excluding hydrogens is 454 g/mol. The van der Waals surface area contributed by atoms with Crippen LogP contribution in [-0.2, 0) is 15.9 Å². The van der Waals surface area contributed by atoms with Crippen LogP contribution >= 0.6 is 0 Å². The average molecular weight is 471 g/mol. The lowest BCUT2D eigenvalue weighted by Crippen LogP contribution is -2.59. The molecule has 4 atom stereocenters. The molecule has 2 bridgehead atoms. The number of hydrogen-bond acceptors (Lipinski definition) is 10. The zero-order chi connectivity index (χ0) is 25.0. The number of nitrogens with one attached hydrogen (secondary N) is 1. The summed E-state index contributed by atoms with van der Waals surface area (Å²) in [7, 11) is 0. The lowest BCUT2D eigenvalue weighted by atomic mass is 9.52. The lowest BCUT2D eigenvalue weighted by Gasteiger charge is -2.48. The van der Waals surface area contributed by atoms with Gasteiger partial charge in [-0.1, -0.05) is 30.3 Å². The summed E-state index contributed by atoms with van der Waals surface area (Å²) in [5, 5.41) is 51.9. The van der Waals surface area contributed by atoms with Crippen LogP contribution in [0.2, 0.25) is 0 Å². The van der Waals surface area contributed by atoms with E-state index in [0.717, 1.165) is 11.6 Å². The maximum absolute atomic E-state index is 12.0. The molecule has 0 aliphatic carbocycles. The number of fused-ring (bicyclic) bond motifs is 3. The van der Waals surface area contributed by atoms with Crippen molar-refractivity contribution in [2.75, 3.05) is 6.79 Å². The van der Waals surface area contributed by atoms with E-state index in [4.69, 9.17) is 24.4 Å². The molecule has 2 aromatic carbocycles. The van der Waals surface area contributed by atoms with Gasteiger partial charge in [-0.05, 0) is 18.1 Å². The molecule has 174 valence electrons.